The van der Waals surface area contributed by atoms with Crippen LogP contribution in [0.3, 0.4) is 0 Å². The first-order chi connectivity index (χ1) is 19.9. The molecule has 0 spiro atoms. The first-order valence-electron chi connectivity index (χ1n) is 13.5. The van der Waals surface area contributed by atoms with Crippen LogP contribution < -0.4 is 11.1 Å². The molecule has 4 rings (SSSR count). The third-order valence-electron chi connectivity index (χ3n) is 6.48. The molecule has 0 atom stereocenters. The lowest BCUT2D eigenvalue weighted by atomic mass is 10.1. The van der Waals surface area contributed by atoms with Gasteiger partial charge >= 0.3 is 0 Å². The van der Waals surface area contributed by atoms with Gasteiger partial charge in [0.25, 0.3) is 5.91 Å². The number of carbonyl (C=O) groups excluding carboxylic acids is 3. The molecular formula is C31H38N6O4. The third-order valence-corrected chi connectivity index (χ3v) is 6.48. The van der Waals surface area contributed by atoms with Crippen LogP contribution in [0.5, 0.6) is 0 Å². The molecule has 2 aliphatic rings. The number of nitrogens with zero attached hydrogens (tertiary/aromatic N) is 4. The highest BCUT2D eigenvalue weighted by Gasteiger charge is 2.23. The lowest BCUT2D eigenvalue weighted by Crippen LogP contribution is -2.41. The Labute approximate surface area is 241 Å². The zero-order valence-electron chi connectivity index (χ0n) is 23.3. The Morgan fingerprint density at radius 2 is 1.63 bits per heavy atom. The number of nitrogens with one attached hydrogen (secondary N) is 1. The van der Waals surface area contributed by atoms with Crippen LogP contribution in [-0.2, 0) is 20.8 Å². The van der Waals surface area contributed by atoms with Gasteiger partial charge in [-0.25, -0.2) is 4.99 Å². The van der Waals surface area contributed by atoms with Crippen molar-refractivity contribution in [2.45, 2.75) is 44.9 Å². The number of carbonyl (C=O) groups is 3. The van der Waals surface area contributed by atoms with E-state index >= 15 is 0 Å². The summed E-state index contributed by atoms with van der Waals surface area (Å²) in [5.74, 6) is -0.255. The minimum absolute atomic E-state index is 0.0488. The maximum absolute atomic E-state index is 11.9. The zero-order valence-corrected chi connectivity index (χ0v) is 23.3. The van der Waals surface area contributed by atoms with Gasteiger partial charge in [-0.05, 0) is 48.9 Å². The van der Waals surface area contributed by atoms with Crippen molar-refractivity contribution in [3.8, 4) is 12.8 Å². The average molecular weight is 559 g/mol. The van der Waals surface area contributed by atoms with Crippen LogP contribution in [-0.4, -0.2) is 59.7 Å². The molecule has 2 aromatic carbocycles. The highest BCUT2D eigenvalue weighted by atomic mass is 16.3. The second-order valence-electron chi connectivity index (χ2n) is 9.51. The van der Waals surface area contributed by atoms with Crippen LogP contribution in [0.25, 0.3) is 5.70 Å². The summed E-state index contributed by atoms with van der Waals surface area (Å²) < 4.78 is 0. The fourth-order valence-corrected chi connectivity index (χ4v) is 4.42. The maximum atomic E-state index is 11.9. The third kappa shape index (κ3) is 11.5. The fraction of sp³-hybridized carbons (Fsp3) is 0.355. The summed E-state index contributed by atoms with van der Waals surface area (Å²) in [6.45, 7) is 6.69. The summed E-state index contributed by atoms with van der Waals surface area (Å²) >= 11 is 0. The number of nitroso groups, excluding NO2 is 1. The van der Waals surface area contributed by atoms with E-state index in [1.165, 1.54) is 0 Å². The van der Waals surface area contributed by atoms with Crippen molar-refractivity contribution in [2.24, 2.45) is 15.9 Å². The molecule has 0 unspecified atom stereocenters. The number of terminal acetylenes is 1. The van der Waals surface area contributed by atoms with Gasteiger partial charge in [0.1, 0.15) is 0 Å². The fourth-order valence-electron chi connectivity index (χ4n) is 4.42. The van der Waals surface area contributed by atoms with Gasteiger partial charge in [-0.3, -0.25) is 14.4 Å². The Hall–Kier alpha value is -4.78. The number of benzene rings is 2. The SMILES string of the molecule is C#C.C=C(N=C(N)Nc1cccc(CC(=O)N=O)c1)c1ccccc1.O=C(CN1CCCCCC1=O)N1CCCC1. The van der Waals surface area contributed by atoms with Crippen LogP contribution in [0.4, 0.5) is 5.69 Å². The van der Waals surface area contributed by atoms with Crippen LogP contribution in [0.15, 0.2) is 71.3 Å². The van der Waals surface area contributed by atoms with Gasteiger partial charge < -0.3 is 20.9 Å². The molecule has 2 fully saturated rings. The van der Waals surface area contributed by atoms with E-state index in [0.717, 1.165) is 57.3 Å². The normalized spacial score (nSPS) is 14.9. The number of hydrogen-bond acceptors (Lipinski definition) is 5. The number of amides is 3. The van der Waals surface area contributed by atoms with Crippen molar-refractivity contribution < 1.29 is 14.4 Å². The number of anilines is 1. The predicted molar refractivity (Wildman–Crippen MR) is 162 cm³/mol. The van der Waals surface area contributed by atoms with Crippen molar-refractivity contribution in [1.29, 1.82) is 0 Å². The lowest BCUT2D eigenvalue weighted by molar-refractivity contribution is -0.139. The molecular weight excluding hydrogens is 520 g/mol. The van der Waals surface area contributed by atoms with E-state index < -0.39 is 5.91 Å². The van der Waals surface area contributed by atoms with E-state index in [-0.39, 0.29) is 24.2 Å². The standard InChI is InChI=1S/C17H16N4O2.C12H20N2O2.C2H2/c1-12(14-7-3-2-4-8-14)19-17(18)20-15-9-5-6-13(10-15)11-16(22)21-23;15-11-6-2-1-3-9-14(11)10-12(16)13-7-4-5-8-13;1-2/h2-10H,1,11H2,(H3,18,19,20);1-10H2;1-2H. The lowest BCUT2D eigenvalue weighted by Gasteiger charge is -2.23. The van der Waals surface area contributed by atoms with E-state index in [2.05, 4.69) is 34.9 Å². The number of likely N-dealkylation sites (tertiary alicyclic amines) is 2. The van der Waals surface area contributed by atoms with Gasteiger partial charge in [0, 0.05) is 36.9 Å². The Balaban J connectivity index is 0.000000285. The minimum Gasteiger partial charge on any atom is -0.369 e. The Kier molecular flexibility index (Phi) is 14.0. The van der Waals surface area contributed by atoms with Gasteiger partial charge in [0.05, 0.1) is 18.7 Å². The molecule has 10 heteroatoms. The summed E-state index contributed by atoms with van der Waals surface area (Å²) in [5, 5.41) is 5.30. The van der Waals surface area contributed by atoms with E-state index in [1.807, 2.05) is 35.2 Å². The monoisotopic (exact) mass is 558 g/mol. The molecule has 2 aliphatic heterocycles. The van der Waals surface area contributed by atoms with Gasteiger partial charge in [-0.1, -0.05) is 55.5 Å². The van der Waals surface area contributed by atoms with E-state index in [9.17, 15) is 19.3 Å². The number of nitrogens with two attached hydrogens (primary N) is 1. The van der Waals surface area contributed by atoms with Crippen LogP contribution >= 0.6 is 0 Å². The number of aliphatic imine (C=N–C) groups is 1. The maximum Gasteiger partial charge on any atom is 0.290 e. The summed E-state index contributed by atoms with van der Waals surface area (Å²) in [6.07, 6.45) is 13.9. The first kappa shape index (κ1) is 32.4. The van der Waals surface area contributed by atoms with Crippen molar-refractivity contribution in [1.82, 2.24) is 9.80 Å². The molecule has 2 aromatic rings. The van der Waals surface area contributed by atoms with Gasteiger partial charge in [-0.2, -0.15) is 0 Å². The topological polar surface area (TPSA) is 138 Å². The van der Waals surface area contributed by atoms with Crippen molar-refractivity contribution in [2.75, 3.05) is 31.5 Å². The average Bonchev–Trinajstić information content (AvgIpc) is 3.46. The smallest absolute Gasteiger partial charge is 0.290 e. The number of guanidine groups is 1. The highest BCUT2D eigenvalue weighted by molar-refractivity contribution is 5.95. The van der Waals surface area contributed by atoms with Crippen molar-refractivity contribution in [3.05, 3.63) is 77.2 Å². The molecule has 216 valence electrons. The molecule has 2 saturated heterocycles. The number of rotatable bonds is 7. The summed E-state index contributed by atoms with van der Waals surface area (Å²) in [5.41, 5.74) is 8.58. The molecule has 0 aromatic heterocycles. The number of hydrogen-bond donors (Lipinski definition) is 2. The first-order valence-corrected chi connectivity index (χ1v) is 13.5. The van der Waals surface area contributed by atoms with Gasteiger partial charge in [-0.15, -0.1) is 17.8 Å². The molecule has 0 radical (unpaired) electrons. The second kappa shape index (κ2) is 17.7. The summed E-state index contributed by atoms with van der Waals surface area (Å²) in [7, 11) is 0. The van der Waals surface area contributed by atoms with E-state index in [4.69, 9.17) is 5.73 Å². The van der Waals surface area contributed by atoms with Crippen LogP contribution in [0, 0.1) is 17.8 Å². The molecule has 10 nitrogen and oxygen atoms in total. The molecule has 0 bridgehead atoms. The Morgan fingerprint density at radius 3 is 2.32 bits per heavy atom. The van der Waals surface area contributed by atoms with Crippen molar-refractivity contribution in [3.63, 3.8) is 0 Å². The van der Waals surface area contributed by atoms with Crippen LogP contribution in [0.1, 0.15) is 49.7 Å². The van der Waals surface area contributed by atoms with Gasteiger partial charge in [0.15, 0.2) is 5.96 Å². The van der Waals surface area contributed by atoms with Crippen LogP contribution in [0.2, 0.25) is 0 Å². The molecule has 2 heterocycles. The Morgan fingerprint density at radius 1 is 0.951 bits per heavy atom. The van der Waals surface area contributed by atoms with E-state index in [0.29, 0.717) is 29.9 Å². The highest BCUT2D eigenvalue weighted by Crippen LogP contribution is 2.15. The zero-order chi connectivity index (χ0) is 30.0. The summed E-state index contributed by atoms with van der Waals surface area (Å²) in [4.78, 5) is 52.7. The second-order valence-corrected chi connectivity index (χ2v) is 9.51. The molecule has 3 amide bonds. The van der Waals surface area contributed by atoms with Crippen molar-refractivity contribution >= 4 is 35.1 Å². The van der Waals surface area contributed by atoms with E-state index in [1.54, 1.807) is 29.2 Å². The molecule has 41 heavy (non-hydrogen) atoms. The summed E-state index contributed by atoms with van der Waals surface area (Å²) in [6, 6.07) is 16.4. The predicted octanol–water partition coefficient (Wildman–Crippen LogP) is 4.18. The molecule has 0 saturated carbocycles. The Bertz CT molecular complexity index is 1240. The molecule has 3 N–H and O–H groups in total. The largest absolute Gasteiger partial charge is 0.369 e. The minimum atomic E-state index is -0.721. The molecule has 0 aliphatic carbocycles. The van der Waals surface area contributed by atoms with Gasteiger partial charge in [0.2, 0.25) is 11.8 Å². The quantitative estimate of drug-likeness (QED) is 0.226.